The van der Waals surface area contributed by atoms with Gasteiger partial charge in [0.25, 0.3) is 0 Å². The Kier molecular flexibility index (Phi) is 3.63. The molecule has 0 saturated carbocycles. The van der Waals surface area contributed by atoms with Crippen LogP contribution < -0.4 is 9.47 Å². The molecular weight excluding hydrogens is 338 g/mol. The summed E-state index contributed by atoms with van der Waals surface area (Å²) in [7, 11) is 3.31. The lowest BCUT2D eigenvalue weighted by Gasteiger charge is -2.07. The van der Waals surface area contributed by atoms with Crippen LogP contribution in [-0.4, -0.2) is 19.2 Å². The SMILES string of the molecule is COc1cc(Br)c(OC)c2sc(-c3ccccc3)nc12. The Balaban J connectivity index is 2.29. The fraction of sp³-hybridized carbons (Fsp3) is 0.133. The third-order valence-corrected chi connectivity index (χ3v) is 4.68. The van der Waals surface area contributed by atoms with Gasteiger partial charge in [-0.25, -0.2) is 4.98 Å². The van der Waals surface area contributed by atoms with Crippen LogP contribution in [0.5, 0.6) is 11.5 Å². The summed E-state index contributed by atoms with van der Waals surface area (Å²) >= 11 is 5.11. The Bertz CT molecular complexity index is 755. The van der Waals surface area contributed by atoms with Crippen LogP contribution in [0, 0.1) is 0 Å². The van der Waals surface area contributed by atoms with E-state index in [4.69, 9.17) is 14.5 Å². The Hall–Kier alpha value is -1.59. The van der Waals surface area contributed by atoms with Gasteiger partial charge in [-0.2, -0.15) is 0 Å². The third-order valence-electron chi connectivity index (χ3n) is 2.99. The van der Waals surface area contributed by atoms with Crippen molar-refractivity contribution in [1.82, 2.24) is 4.98 Å². The number of nitrogens with zero attached hydrogens (tertiary/aromatic N) is 1. The molecule has 1 aromatic heterocycles. The zero-order valence-corrected chi connectivity index (χ0v) is 13.4. The summed E-state index contributed by atoms with van der Waals surface area (Å²) in [5.74, 6) is 1.53. The molecule has 0 aliphatic rings. The number of aromatic nitrogens is 1. The average molecular weight is 350 g/mol. The van der Waals surface area contributed by atoms with E-state index in [-0.39, 0.29) is 0 Å². The van der Waals surface area contributed by atoms with Crippen molar-refractivity contribution in [1.29, 1.82) is 0 Å². The molecular formula is C15H12BrNO2S. The molecule has 0 amide bonds. The van der Waals surface area contributed by atoms with Crippen LogP contribution in [0.3, 0.4) is 0 Å². The molecule has 0 spiro atoms. The van der Waals surface area contributed by atoms with Gasteiger partial charge >= 0.3 is 0 Å². The first-order chi connectivity index (χ1) is 9.74. The highest BCUT2D eigenvalue weighted by Gasteiger charge is 2.17. The van der Waals surface area contributed by atoms with Crippen LogP contribution in [-0.2, 0) is 0 Å². The van der Waals surface area contributed by atoms with Gasteiger partial charge in [-0.05, 0) is 15.9 Å². The molecule has 0 atom stereocenters. The first-order valence-electron chi connectivity index (χ1n) is 6.01. The maximum absolute atomic E-state index is 5.47. The van der Waals surface area contributed by atoms with Crippen molar-refractivity contribution >= 4 is 37.5 Å². The Morgan fingerprint density at radius 3 is 2.50 bits per heavy atom. The topological polar surface area (TPSA) is 31.4 Å². The number of thiazole rings is 1. The minimum atomic E-state index is 0.742. The second kappa shape index (κ2) is 5.42. The molecule has 0 aliphatic carbocycles. The number of benzene rings is 2. The van der Waals surface area contributed by atoms with Gasteiger partial charge in [0, 0.05) is 11.6 Å². The monoisotopic (exact) mass is 349 g/mol. The Morgan fingerprint density at radius 2 is 1.85 bits per heavy atom. The van der Waals surface area contributed by atoms with Crippen LogP contribution in [0.2, 0.25) is 0 Å². The molecule has 0 radical (unpaired) electrons. The number of ether oxygens (including phenoxy) is 2. The number of fused-ring (bicyclic) bond motifs is 1. The maximum Gasteiger partial charge on any atom is 0.152 e. The Morgan fingerprint density at radius 1 is 1.10 bits per heavy atom. The van der Waals surface area contributed by atoms with Crippen molar-refractivity contribution in [3.8, 4) is 22.1 Å². The molecule has 0 saturated heterocycles. The van der Waals surface area contributed by atoms with Crippen LogP contribution in [0.25, 0.3) is 20.8 Å². The molecule has 0 unspecified atom stereocenters. The highest BCUT2D eigenvalue weighted by molar-refractivity contribution is 9.10. The molecule has 0 bridgehead atoms. The highest BCUT2D eigenvalue weighted by atomic mass is 79.9. The van der Waals surface area contributed by atoms with Gasteiger partial charge in [-0.3, -0.25) is 0 Å². The molecule has 102 valence electrons. The predicted octanol–water partition coefficient (Wildman–Crippen LogP) is 4.74. The number of hydrogen-bond acceptors (Lipinski definition) is 4. The van der Waals surface area contributed by atoms with Gasteiger partial charge in [-0.15, -0.1) is 11.3 Å². The van der Waals surface area contributed by atoms with Crippen molar-refractivity contribution in [3.05, 3.63) is 40.9 Å². The quantitative estimate of drug-likeness (QED) is 0.684. The van der Waals surface area contributed by atoms with E-state index in [0.29, 0.717) is 0 Å². The average Bonchev–Trinajstić information content (AvgIpc) is 2.92. The number of hydrogen-bond donors (Lipinski definition) is 0. The number of methoxy groups -OCH3 is 2. The van der Waals surface area contributed by atoms with Crippen molar-refractivity contribution in [2.75, 3.05) is 14.2 Å². The van der Waals surface area contributed by atoms with E-state index in [9.17, 15) is 0 Å². The lowest BCUT2D eigenvalue weighted by atomic mass is 10.2. The van der Waals surface area contributed by atoms with Crippen molar-refractivity contribution in [3.63, 3.8) is 0 Å². The molecule has 0 aliphatic heterocycles. The molecule has 5 heteroatoms. The third kappa shape index (κ3) is 2.17. The minimum Gasteiger partial charge on any atom is -0.494 e. The van der Waals surface area contributed by atoms with E-state index >= 15 is 0 Å². The normalized spacial score (nSPS) is 10.8. The summed E-state index contributed by atoms with van der Waals surface area (Å²) < 4.78 is 12.7. The van der Waals surface area contributed by atoms with E-state index in [1.54, 1.807) is 25.6 Å². The van der Waals surface area contributed by atoms with Crippen molar-refractivity contribution in [2.24, 2.45) is 0 Å². The molecule has 3 rings (SSSR count). The van der Waals surface area contributed by atoms with E-state index in [1.807, 2.05) is 36.4 Å². The van der Waals surface area contributed by atoms with Crippen LogP contribution in [0.4, 0.5) is 0 Å². The number of rotatable bonds is 3. The Labute approximate surface area is 129 Å². The molecule has 20 heavy (non-hydrogen) atoms. The molecule has 0 N–H and O–H groups in total. The summed E-state index contributed by atoms with van der Waals surface area (Å²) in [6, 6.07) is 12.0. The lowest BCUT2D eigenvalue weighted by Crippen LogP contribution is -1.89. The van der Waals surface area contributed by atoms with E-state index < -0.39 is 0 Å². The number of halogens is 1. The van der Waals surface area contributed by atoms with E-state index in [1.165, 1.54) is 0 Å². The molecule has 3 nitrogen and oxygen atoms in total. The molecule has 2 aromatic carbocycles. The molecule has 3 aromatic rings. The second-order valence-electron chi connectivity index (χ2n) is 4.16. The van der Waals surface area contributed by atoms with Crippen LogP contribution in [0.15, 0.2) is 40.9 Å². The highest BCUT2D eigenvalue weighted by Crippen LogP contribution is 2.44. The van der Waals surface area contributed by atoms with E-state index in [2.05, 4.69) is 15.9 Å². The maximum atomic E-state index is 5.47. The fourth-order valence-electron chi connectivity index (χ4n) is 2.05. The van der Waals surface area contributed by atoms with Gasteiger partial charge in [0.2, 0.25) is 0 Å². The van der Waals surface area contributed by atoms with Crippen LogP contribution >= 0.6 is 27.3 Å². The first kappa shape index (κ1) is 13.4. The summed E-state index contributed by atoms with van der Waals surface area (Å²) in [4.78, 5) is 4.70. The summed E-state index contributed by atoms with van der Waals surface area (Å²) in [6.45, 7) is 0. The lowest BCUT2D eigenvalue weighted by molar-refractivity contribution is 0.408. The first-order valence-corrected chi connectivity index (χ1v) is 7.62. The second-order valence-corrected chi connectivity index (χ2v) is 6.01. The summed E-state index contributed by atoms with van der Waals surface area (Å²) in [5, 5.41) is 0.954. The van der Waals surface area contributed by atoms with E-state index in [0.717, 1.165) is 36.8 Å². The summed E-state index contributed by atoms with van der Waals surface area (Å²) in [6.07, 6.45) is 0. The fourth-order valence-corrected chi connectivity index (χ4v) is 3.86. The summed E-state index contributed by atoms with van der Waals surface area (Å²) in [5.41, 5.74) is 1.92. The van der Waals surface area contributed by atoms with Gasteiger partial charge < -0.3 is 9.47 Å². The van der Waals surface area contributed by atoms with Crippen molar-refractivity contribution < 1.29 is 9.47 Å². The predicted molar refractivity (Wildman–Crippen MR) is 85.9 cm³/mol. The largest absolute Gasteiger partial charge is 0.494 e. The van der Waals surface area contributed by atoms with Crippen LogP contribution in [0.1, 0.15) is 0 Å². The zero-order chi connectivity index (χ0) is 14.1. The molecule has 1 heterocycles. The van der Waals surface area contributed by atoms with Crippen molar-refractivity contribution in [2.45, 2.75) is 0 Å². The smallest absolute Gasteiger partial charge is 0.152 e. The standard InChI is InChI=1S/C15H12BrNO2S/c1-18-11-8-10(16)13(19-2)14-12(11)17-15(20-14)9-6-4-3-5-7-9/h3-8H,1-2H3. The molecule has 0 fully saturated rings. The van der Waals surface area contributed by atoms with Gasteiger partial charge in [0.1, 0.15) is 21.0 Å². The van der Waals surface area contributed by atoms with Gasteiger partial charge in [0.15, 0.2) is 5.75 Å². The van der Waals surface area contributed by atoms with Gasteiger partial charge in [-0.1, -0.05) is 30.3 Å². The van der Waals surface area contributed by atoms with Gasteiger partial charge in [0.05, 0.1) is 18.7 Å². The zero-order valence-electron chi connectivity index (χ0n) is 11.0. The minimum absolute atomic E-state index is 0.742.